The van der Waals surface area contributed by atoms with Crippen molar-refractivity contribution in [1.82, 2.24) is 10.6 Å². The number of rotatable bonds is 7. The van der Waals surface area contributed by atoms with Gasteiger partial charge in [0.15, 0.2) is 17.5 Å². The zero-order valence-corrected chi connectivity index (χ0v) is 19.3. The highest BCUT2D eigenvalue weighted by Crippen LogP contribution is 2.39. The molecule has 0 aliphatic heterocycles. The lowest BCUT2D eigenvalue weighted by Gasteiger charge is -2.19. The molecule has 0 aromatic heterocycles. The van der Waals surface area contributed by atoms with E-state index >= 15 is 0 Å². The lowest BCUT2D eigenvalue weighted by Crippen LogP contribution is -2.42. The van der Waals surface area contributed by atoms with Crippen LogP contribution in [-0.2, 0) is 6.54 Å². The van der Waals surface area contributed by atoms with Gasteiger partial charge in [0, 0.05) is 30.4 Å². The molecule has 1 saturated carbocycles. The minimum atomic E-state index is 0. The topological polar surface area (TPSA) is 64.1 Å². The van der Waals surface area contributed by atoms with Crippen LogP contribution in [0.15, 0.2) is 17.1 Å². The van der Waals surface area contributed by atoms with Crippen molar-refractivity contribution in [1.29, 1.82) is 0 Å². The fourth-order valence-corrected chi connectivity index (χ4v) is 3.95. The SMILES string of the molecule is CN=C(NCc1ccc(OC)c(OC)c1OC)NC1CCC(SC)C1.I. The number of thioether (sulfide) groups is 1. The molecule has 2 N–H and O–H groups in total. The van der Waals surface area contributed by atoms with Crippen LogP contribution in [0.25, 0.3) is 0 Å². The first-order valence-electron chi connectivity index (χ1n) is 8.44. The van der Waals surface area contributed by atoms with Gasteiger partial charge in [-0.25, -0.2) is 0 Å². The van der Waals surface area contributed by atoms with Crippen LogP contribution in [0, 0.1) is 0 Å². The van der Waals surface area contributed by atoms with Gasteiger partial charge in [0.1, 0.15) is 0 Å². The quantitative estimate of drug-likeness (QED) is 0.344. The second-order valence-corrected chi connectivity index (χ2v) is 7.07. The van der Waals surface area contributed by atoms with Gasteiger partial charge in [-0.2, -0.15) is 11.8 Å². The number of guanidine groups is 1. The summed E-state index contributed by atoms with van der Waals surface area (Å²) in [7, 11) is 6.65. The standard InChI is InChI=1S/C18H29N3O3S.HI/c1-19-18(21-13-7-8-14(10-13)25-5)20-11-12-6-9-15(22-2)17(24-4)16(12)23-3;/h6,9,13-14H,7-8,10-11H2,1-5H3,(H2,19,20,21);1H. The van der Waals surface area contributed by atoms with Crippen molar-refractivity contribution in [2.45, 2.75) is 37.1 Å². The third-order valence-electron chi connectivity index (χ3n) is 4.51. The third-order valence-corrected chi connectivity index (χ3v) is 5.61. The fraction of sp³-hybridized carbons (Fsp3) is 0.611. The summed E-state index contributed by atoms with van der Waals surface area (Å²) < 4.78 is 16.3. The number of halogens is 1. The summed E-state index contributed by atoms with van der Waals surface area (Å²) >= 11 is 1.95. The molecule has 1 fully saturated rings. The summed E-state index contributed by atoms with van der Waals surface area (Å²) in [6.07, 6.45) is 5.82. The number of hydrogen-bond donors (Lipinski definition) is 2. The molecule has 148 valence electrons. The Bertz CT molecular complexity index is 601. The Kier molecular flexibility index (Phi) is 10.3. The van der Waals surface area contributed by atoms with Crippen molar-refractivity contribution in [3.05, 3.63) is 17.7 Å². The molecule has 0 amide bonds. The molecule has 8 heteroatoms. The highest BCUT2D eigenvalue weighted by molar-refractivity contribution is 14.0. The Morgan fingerprint density at radius 1 is 1.15 bits per heavy atom. The molecule has 1 aromatic carbocycles. The third kappa shape index (κ3) is 5.73. The molecular formula is C18H30IN3O3S. The van der Waals surface area contributed by atoms with Gasteiger partial charge < -0.3 is 24.8 Å². The lowest BCUT2D eigenvalue weighted by molar-refractivity contribution is 0.322. The van der Waals surface area contributed by atoms with E-state index in [1.54, 1.807) is 28.4 Å². The van der Waals surface area contributed by atoms with Gasteiger partial charge in [0.25, 0.3) is 0 Å². The van der Waals surface area contributed by atoms with E-state index < -0.39 is 0 Å². The van der Waals surface area contributed by atoms with Crippen LogP contribution >= 0.6 is 35.7 Å². The summed E-state index contributed by atoms with van der Waals surface area (Å²) in [6.45, 7) is 0.585. The van der Waals surface area contributed by atoms with E-state index in [4.69, 9.17) is 14.2 Å². The van der Waals surface area contributed by atoms with Gasteiger partial charge in [-0.05, 0) is 37.7 Å². The molecule has 6 nitrogen and oxygen atoms in total. The summed E-state index contributed by atoms with van der Waals surface area (Å²) in [6, 6.07) is 4.34. The van der Waals surface area contributed by atoms with E-state index in [-0.39, 0.29) is 24.0 Å². The van der Waals surface area contributed by atoms with Crippen LogP contribution in [0.2, 0.25) is 0 Å². The largest absolute Gasteiger partial charge is 0.493 e. The van der Waals surface area contributed by atoms with Gasteiger partial charge in [-0.1, -0.05) is 0 Å². The van der Waals surface area contributed by atoms with Crippen molar-refractivity contribution in [3.63, 3.8) is 0 Å². The average Bonchev–Trinajstić information content (AvgIpc) is 3.11. The van der Waals surface area contributed by atoms with Gasteiger partial charge >= 0.3 is 0 Å². The normalized spacial score (nSPS) is 19.5. The minimum Gasteiger partial charge on any atom is -0.493 e. The van der Waals surface area contributed by atoms with Crippen LogP contribution < -0.4 is 24.8 Å². The summed E-state index contributed by atoms with van der Waals surface area (Å²) in [5.74, 6) is 2.74. The first-order chi connectivity index (χ1) is 12.2. The van der Waals surface area contributed by atoms with Crippen molar-refractivity contribution in [2.75, 3.05) is 34.6 Å². The van der Waals surface area contributed by atoms with Gasteiger partial charge in [0.05, 0.1) is 21.3 Å². The Morgan fingerprint density at radius 2 is 1.88 bits per heavy atom. The van der Waals surface area contributed by atoms with Crippen LogP contribution in [0.4, 0.5) is 0 Å². The van der Waals surface area contributed by atoms with E-state index in [1.807, 2.05) is 23.9 Å². The summed E-state index contributed by atoms with van der Waals surface area (Å²) in [5, 5.41) is 7.63. The number of hydrogen-bond acceptors (Lipinski definition) is 5. The average molecular weight is 495 g/mol. The highest BCUT2D eigenvalue weighted by atomic mass is 127. The van der Waals surface area contributed by atoms with Crippen molar-refractivity contribution in [3.8, 4) is 17.2 Å². The van der Waals surface area contributed by atoms with Gasteiger partial charge in [-0.15, -0.1) is 24.0 Å². The van der Waals surface area contributed by atoms with Crippen molar-refractivity contribution < 1.29 is 14.2 Å². The number of methoxy groups -OCH3 is 3. The molecule has 2 atom stereocenters. The van der Waals surface area contributed by atoms with E-state index in [9.17, 15) is 0 Å². The Balaban J connectivity index is 0.00000338. The number of ether oxygens (including phenoxy) is 3. The first kappa shape index (κ1) is 23.0. The van der Waals surface area contributed by atoms with Gasteiger partial charge in [0.2, 0.25) is 5.75 Å². The Hall–Kier alpha value is -1.03. The number of benzene rings is 1. The van der Waals surface area contributed by atoms with Crippen LogP contribution in [0.1, 0.15) is 24.8 Å². The van der Waals surface area contributed by atoms with Crippen LogP contribution in [0.3, 0.4) is 0 Å². The van der Waals surface area contributed by atoms with Crippen molar-refractivity contribution in [2.24, 2.45) is 4.99 Å². The smallest absolute Gasteiger partial charge is 0.203 e. The second-order valence-electron chi connectivity index (χ2n) is 5.93. The maximum Gasteiger partial charge on any atom is 0.203 e. The molecule has 0 saturated heterocycles. The summed E-state index contributed by atoms with van der Waals surface area (Å²) in [4.78, 5) is 4.34. The molecule has 0 bridgehead atoms. The predicted octanol–water partition coefficient (Wildman–Crippen LogP) is 3.28. The van der Waals surface area contributed by atoms with E-state index in [2.05, 4.69) is 21.9 Å². The predicted molar refractivity (Wildman–Crippen MR) is 120 cm³/mol. The summed E-state index contributed by atoms with van der Waals surface area (Å²) in [5.41, 5.74) is 0.983. The minimum absolute atomic E-state index is 0. The maximum absolute atomic E-state index is 5.53. The molecule has 1 aromatic rings. The highest BCUT2D eigenvalue weighted by Gasteiger charge is 2.24. The second kappa shape index (κ2) is 11.6. The zero-order valence-electron chi connectivity index (χ0n) is 16.1. The van der Waals surface area contributed by atoms with Crippen LogP contribution in [-0.4, -0.2) is 51.9 Å². The number of aliphatic imine (C=N–C) groups is 1. The monoisotopic (exact) mass is 495 g/mol. The van der Waals surface area contributed by atoms with E-state index in [1.165, 1.54) is 19.3 Å². The molecule has 2 rings (SSSR count). The van der Waals surface area contributed by atoms with Crippen LogP contribution in [0.5, 0.6) is 17.2 Å². The van der Waals surface area contributed by atoms with Crippen molar-refractivity contribution >= 4 is 41.7 Å². The molecule has 1 aliphatic carbocycles. The molecule has 1 aliphatic rings. The first-order valence-corrected chi connectivity index (χ1v) is 9.73. The molecule has 0 heterocycles. The maximum atomic E-state index is 5.53. The molecule has 0 radical (unpaired) electrons. The Labute approximate surface area is 177 Å². The fourth-order valence-electron chi connectivity index (χ4n) is 3.15. The zero-order chi connectivity index (χ0) is 18.2. The number of nitrogens with zero attached hydrogens (tertiary/aromatic N) is 1. The van der Waals surface area contributed by atoms with Gasteiger partial charge in [-0.3, -0.25) is 4.99 Å². The molecule has 2 unspecified atom stereocenters. The molecular weight excluding hydrogens is 465 g/mol. The molecule has 0 spiro atoms. The van der Waals surface area contributed by atoms with E-state index in [0.29, 0.717) is 29.8 Å². The lowest BCUT2D eigenvalue weighted by atomic mass is 10.1. The number of nitrogens with one attached hydrogen (secondary N) is 2. The van der Waals surface area contributed by atoms with E-state index in [0.717, 1.165) is 16.8 Å². The Morgan fingerprint density at radius 3 is 2.42 bits per heavy atom. The molecule has 26 heavy (non-hydrogen) atoms.